The molecule has 9 heavy (non-hydrogen) atoms. The highest BCUT2D eigenvalue weighted by atomic mass is 32.1. The summed E-state index contributed by atoms with van der Waals surface area (Å²) < 4.78 is 0. The standard InChI is InChI=1S/C8H16S/c1-3-5-6-7-8(9)4-2/h3-7H2,1-2H3. The Kier molecular flexibility index (Phi) is 6.28. The molecule has 0 bridgehead atoms. The third-order valence-electron chi connectivity index (χ3n) is 1.45. The van der Waals surface area contributed by atoms with Gasteiger partial charge in [0.2, 0.25) is 0 Å². The molecular formula is C8H16S. The maximum atomic E-state index is 5.07. The second kappa shape index (κ2) is 6.21. The number of hydrogen-bond donors (Lipinski definition) is 0. The summed E-state index contributed by atoms with van der Waals surface area (Å²) in [6.07, 6.45) is 6.17. The van der Waals surface area contributed by atoms with Gasteiger partial charge in [0.05, 0.1) is 0 Å². The second-order valence-electron chi connectivity index (χ2n) is 2.35. The maximum absolute atomic E-state index is 5.07. The van der Waals surface area contributed by atoms with Crippen molar-refractivity contribution in [1.29, 1.82) is 0 Å². The zero-order valence-corrected chi connectivity index (χ0v) is 7.26. The molecule has 0 saturated carbocycles. The van der Waals surface area contributed by atoms with Gasteiger partial charge in [-0.25, -0.2) is 0 Å². The second-order valence-corrected chi connectivity index (χ2v) is 2.93. The molecule has 0 amide bonds. The molecule has 0 nitrogen and oxygen atoms in total. The van der Waals surface area contributed by atoms with Crippen molar-refractivity contribution in [3.63, 3.8) is 0 Å². The van der Waals surface area contributed by atoms with E-state index in [1.54, 1.807) is 0 Å². The van der Waals surface area contributed by atoms with Crippen LogP contribution >= 0.6 is 12.2 Å². The van der Waals surface area contributed by atoms with E-state index in [1.165, 1.54) is 30.5 Å². The van der Waals surface area contributed by atoms with Crippen molar-refractivity contribution in [2.75, 3.05) is 0 Å². The van der Waals surface area contributed by atoms with Gasteiger partial charge in [-0.05, 0) is 24.1 Å². The molecule has 0 aromatic heterocycles. The lowest BCUT2D eigenvalue weighted by atomic mass is 10.1. The molecule has 1 heteroatoms. The van der Waals surface area contributed by atoms with Gasteiger partial charge in [-0.15, -0.1) is 0 Å². The summed E-state index contributed by atoms with van der Waals surface area (Å²) in [4.78, 5) is 1.24. The highest BCUT2D eigenvalue weighted by molar-refractivity contribution is 7.80. The van der Waals surface area contributed by atoms with Gasteiger partial charge in [-0.3, -0.25) is 0 Å². The van der Waals surface area contributed by atoms with Gasteiger partial charge < -0.3 is 0 Å². The highest BCUT2D eigenvalue weighted by Crippen LogP contribution is 2.02. The normalized spacial score (nSPS) is 9.56. The largest absolute Gasteiger partial charge is 0.0897 e. The number of thiocarbonyl (C=S) groups is 1. The predicted octanol–water partition coefficient (Wildman–Crippen LogP) is 3.35. The topological polar surface area (TPSA) is 0 Å². The van der Waals surface area contributed by atoms with E-state index >= 15 is 0 Å². The average Bonchev–Trinajstić information content (AvgIpc) is 1.89. The van der Waals surface area contributed by atoms with Crippen molar-refractivity contribution in [2.24, 2.45) is 0 Å². The Labute approximate surface area is 63.7 Å². The third-order valence-corrected chi connectivity index (χ3v) is 1.95. The summed E-state index contributed by atoms with van der Waals surface area (Å²) in [6, 6.07) is 0. The van der Waals surface area contributed by atoms with E-state index in [0.717, 1.165) is 6.42 Å². The first-order valence-electron chi connectivity index (χ1n) is 3.83. The van der Waals surface area contributed by atoms with Crippen LogP contribution in [0.3, 0.4) is 0 Å². The maximum Gasteiger partial charge on any atom is -0.00742 e. The van der Waals surface area contributed by atoms with Crippen LogP contribution in [0.25, 0.3) is 0 Å². The molecule has 0 N–H and O–H groups in total. The molecule has 0 aliphatic carbocycles. The Morgan fingerprint density at radius 1 is 1.22 bits per heavy atom. The minimum Gasteiger partial charge on any atom is -0.0897 e. The van der Waals surface area contributed by atoms with E-state index in [4.69, 9.17) is 12.2 Å². The Morgan fingerprint density at radius 2 is 1.89 bits per heavy atom. The van der Waals surface area contributed by atoms with Crippen molar-refractivity contribution < 1.29 is 0 Å². The van der Waals surface area contributed by atoms with Gasteiger partial charge in [0, 0.05) is 0 Å². The van der Waals surface area contributed by atoms with Gasteiger partial charge in [0.15, 0.2) is 0 Å². The van der Waals surface area contributed by atoms with Crippen molar-refractivity contribution in [3.05, 3.63) is 0 Å². The Balaban J connectivity index is 2.97. The third kappa shape index (κ3) is 5.97. The molecule has 0 aliphatic heterocycles. The molecule has 0 fully saturated rings. The van der Waals surface area contributed by atoms with Gasteiger partial charge in [-0.1, -0.05) is 38.9 Å². The van der Waals surface area contributed by atoms with Crippen LogP contribution in [0.2, 0.25) is 0 Å². The minimum atomic E-state index is 1.08. The molecule has 0 spiro atoms. The lowest BCUT2D eigenvalue weighted by molar-refractivity contribution is 0.741. The lowest BCUT2D eigenvalue weighted by Gasteiger charge is -1.96. The monoisotopic (exact) mass is 144 g/mol. The highest BCUT2D eigenvalue weighted by Gasteiger charge is 1.90. The van der Waals surface area contributed by atoms with Crippen molar-refractivity contribution in [2.45, 2.75) is 46.0 Å². The Morgan fingerprint density at radius 3 is 2.33 bits per heavy atom. The van der Waals surface area contributed by atoms with Crippen LogP contribution in [0, 0.1) is 0 Å². The quantitative estimate of drug-likeness (QED) is 0.421. The van der Waals surface area contributed by atoms with Crippen LogP contribution in [0.1, 0.15) is 46.0 Å². The minimum absolute atomic E-state index is 1.08. The first-order valence-corrected chi connectivity index (χ1v) is 4.23. The summed E-state index contributed by atoms with van der Waals surface area (Å²) >= 11 is 5.07. The molecule has 0 atom stereocenters. The fraction of sp³-hybridized carbons (Fsp3) is 0.875. The summed E-state index contributed by atoms with van der Waals surface area (Å²) in [7, 11) is 0. The molecule has 0 unspecified atom stereocenters. The van der Waals surface area contributed by atoms with Crippen molar-refractivity contribution in [1.82, 2.24) is 0 Å². The fourth-order valence-electron chi connectivity index (χ4n) is 0.749. The molecule has 0 aromatic carbocycles. The molecule has 0 rings (SSSR count). The summed E-state index contributed by atoms with van der Waals surface area (Å²) in [6.45, 7) is 4.35. The number of rotatable bonds is 5. The van der Waals surface area contributed by atoms with Gasteiger partial charge in [0.1, 0.15) is 0 Å². The van der Waals surface area contributed by atoms with E-state index in [2.05, 4.69) is 13.8 Å². The SMILES string of the molecule is CCCCCC(=S)CC. The summed E-state index contributed by atoms with van der Waals surface area (Å²) in [5.74, 6) is 0. The van der Waals surface area contributed by atoms with Crippen LogP contribution in [-0.2, 0) is 0 Å². The van der Waals surface area contributed by atoms with Crippen molar-refractivity contribution >= 4 is 17.1 Å². The predicted molar refractivity (Wildman–Crippen MR) is 47.0 cm³/mol. The fourth-order valence-corrected chi connectivity index (χ4v) is 0.893. The summed E-state index contributed by atoms with van der Waals surface area (Å²) in [5.41, 5.74) is 0. The van der Waals surface area contributed by atoms with E-state index in [0.29, 0.717) is 0 Å². The van der Waals surface area contributed by atoms with Crippen LogP contribution < -0.4 is 0 Å². The number of hydrogen-bond acceptors (Lipinski definition) is 1. The Bertz CT molecular complexity index is 76.6. The first kappa shape index (κ1) is 9.09. The van der Waals surface area contributed by atoms with Crippen LogP contribution in [0.5, 0.6) is 0 Å². The van der Waals surface area contributed by atoms with Crippen LogP contribution in [0.4, 0.5) is 0 Å². The van der Waals surface area contributed by atoms with Gasteiger partial charge >= 0.3 is 0 Å². The first-order chi connectivity index (χ1) is 4.31. The van der Waals surface area contributed by atoms with Gasteiger partial charge in [-0.2, -0.15) is 0 Å². The van der Waals surface area contributed by atoms with E-state index < -0.39 is 0 Å². The molecule has 0 heterocycles. The van der Waals surface area contributed by atoms with E-state index in [-0.39, 0.29) is 0 Å². The average molecular weight is 144 g/mol. The molecule has 0 saturated heterocycles. The zero-order valence-electron chi connectivity index (χ0n) is 6.44. The lowest BCUT2D eigenvalue weighted by Crippen LogP contribution is -1.90. The Hall–Kier alpha value is 0.0900. The van der Waals surface area contributed by atoms with E-state index in [1.807, 2.05) is 0 Å². The summed E-state index contributed by atoms with van der Waals surface area (Å²) in [5, 5.41) is 0. The molecule has 54 valence electrons. The zero-order chi connectivity index (χ0) is 7.11. The van der Waals surface area contributed by atoms with Crippen LogP contribution in [-0.4, -0.2) is 4.86 Å². The van der Waals surface area contributed by atoms with Gasteiger partial charge in [0.25, 0.3) is 0 Å². The van der Waals surface area contributed by atoms with E-state index in [9.17, 15) is 0 Å². The number of unbranched alkanes of at least 4 members (excludes halogenated alkanes) is 2. The van der Waals surface area contributed by atoms with Crippen LogP contribution in [0.15, 0.2) is 0 Å². The van der Waals surface area contributed by atoms with Crippen molar-refractivity contribution in [3.8, 4) is 0 Å². The molecule has 0 radical (unpaired) electrons. The molecular weight excluding hydrogens is 128 g/mol. The smallest absolute Gasteiger partial charge is 0.00742 e. The molecule has 0 aromatic rings. The molecule has 0 aliphatic rings.